The molecule has 2 amide bonds. The van der Waals surface area contributed by atoms with Crippen LogP contribution >= 0.6 is 0 Å². The number of aliphatic hydroxyl groups excluding tert-OH is 1. The number of benzene rings is 1. The predicted octanol–water partition coefficient (Wildman–Crippen LogP) is 0.187. The second-order valence-corrected chi connectivity index (χ2v) is 5.67. The normalized spacial score (nSPS) is 19.4. The Bertz CT molecular complexity index is 564. The Kier molecular flexibility index (Phi) is 5.51. The minimum atomic E-state index is -1.07. The van der Waals surface area contributed by atoms with Gasteiger partial charge in [0.15, 0.2) is 11.5 Å². The Hall–Kier alpha value is -2.19. The molecule has 0 aliphatic carbocycles. The molecule has 1 aromatic rings. The number of likely N-dealkylation sites (tertiary alicyclic amines) is 1. The van der Waals surface area contributed by atoms with E-state index in [1.807, 2.05) is 0 Å². The van der Waals surface area contributed by atoms with E-state index >= 15 is 0 Å². The number of aromatic hydroxyl groups is 3. The van der Waals surface area contributed by atoms with Crippen LogP contribution in [0.25, 0.3) is 0 Å². The summed E-state index contributed by atoms with van der Waals surface area (Å²) in [4.78, 5) is 13.7. The number of rotatable bonds is 4. The zero-order valence-electron chi connectivity index (χ0n) is 12.8. The molecule has 1 aliphatic rings. The minimum Gasteiger partial charge on any atom is -0.504 e. The molecule has 0 bridgehead atoms. The van der Waals surface area contributed by atoms with Gasteiger partial charge in [0.1, 0.15) is 6.23 Å². The van der Waals surface area contributed by atoms with Gasteiger partial charge < -0.3 is 36.4 Å². The Labute approximate surface area is 134 Å². The van der Waals surface area contributed by atoms with Crippen LogP contribution < -0.4 is 11.1 Å². The number of piperidine rings is 1. The van der Waals surface area contributed by atoms with Crippen molar-refractivity contribution < 1.29 is 25.2 Å². The molecule has 2 atom stereocenters. The zero-order valence-corrected chi connectivity index (χ0v) is 12.8. The molecule has 0 radical (unpaired) electrons. The summed E-state index contributed by atoms with van der Waals surface area (Å²) in [5, 5.41) is 40.7. The van der Waals surface area contributed by atoms with Crippen LogP contribution in [0.15, 0.2) is 12.1 Å². The van der Waals surface area contributed by atoms with Gasteiger partial charge in [0, 0.05) is 13.1 Å². The third-order valence-corrected chi connectivity index (χ3v) is 4.09. The number of carbonyl (C=O) groups excluding carboxylic acids is 1. The molecule has 1 aromatic carbocycles. The molecular weight excluding hydrogens is 302 g/mol. The summed E-state index contributed by atoms with van der Waals surface area (Å²) in [6.07, 6.45) is 1.67. The average molecular weight is 325 g/mol. The van der Waals surface area contributed by atoms with E-state index in [0.29, 0.717) is 18.5 Å². The molecule has 8 heteroatoms. The van der Waals surface area contributed by atoms with Crippen molar-refractivity contribution in [2.24, 2.45) is 5.73 Å². The van der Waals surface area contributed by atoms with Gasteiger partial charge in [-0.15, -0.1) is 0 Å². The maximum atomic E-state index is 12.2. The molecule has 1 aliphatic heterocycles. The summed E-state index contributed by atoms with van der Waals surface area (Å²) in [6.45, 7) is 0.774. The number of nitrogens with one attached hydrogen (secondary N) is 1. The lowest BCUT2D eigenvalue weighted by atomic mass is 10.0. The highest BCUT2D eigenvalue weighted by molar-refractivity contribution is 5.74. The van der Waals surface area contributed by atoms with Gasteiger partial charge >= 0.3 is 6.03 Å². The van der Waals surface area contributed by atoms with Gasteiger partial charge in [-0.1, -0.05) is 6.07 Å². The molecule has 1 heterocycles. The van der Waals surface area contributed by atoms with Gasteiger partial charge in [-0.3, -0.25) is 0 Å². The van der Waals surface area contributed by atoms with E-state index in [2.05, 4.69) is 5.32 Å². The number of phenolic OH excluding ortho intramolecular Hbond substituents is 3. The van der Waals surface area contributed by atoms with E-state index in [4.69, 9.17) is 5.73 Å². The maximum Gasteiger partial charge on any atom is 0.317 e. The highest BCUT2D eigenvalue weighted by atomic mass is 16.3. The third kappa shape index (κ3) is 3.96. The summed E-state index contributed by atoms with van der Waals surface area (Å²) in [5.41, 5.74) is 5.93. The van der Waals surface area contributed by atoms with Crippen LogP contribution in [0.5, 0.6) is 17.2 Å². The number of hydrogen-bond acceptors (Lipinski definition) is 6. The number of phenols is 3. The second kappa shape index (κ2) is 7.38. The lowest BCUT2D eigenvalue weighted by Crippen LogP contribution is -2.55. The molecule has 23 heavy (non-hydrogen) atoms. The van der Waals surface area contributed by atoms with Crippen molar-refractivity contribution in [1.82, 2.24) is 10.2 Å². The first-order chi connectivity index (χ1) is 10.9. The van der Waals surface area contributed by atoms with Gasteiger partial charge in [-0.25, -0.2) is 4.79 Å². The molecule has 0 aromatic heterocycles. The zero-order chi connectivity index (χ0) is 17.0. The number of hydrogen-bond donors (Lipinski definition) is 6. The maximum absolute atomic E-state index is 12.2. The van der Waals surface area contributed by atoms with Crippen molar-refractivity contribution in [3.8, 4) is 17.2 Å². The predicted molar refractivity (Wildman–Crippen MR) is 83.1 cm³/mol. The van der Waals surface area contributed by atoms with Crippen molar-refractivity contribution in [2.75, 3.05) is 13.1 Å². The van der Waals surface area contributed by atoms with E-state index in [9.17, 15) is 25.2 Å². The second-order valence-electron chi connectivity index (χ2n) is 5.67. The summed E-state index contributed by atoms with van der Waals surface area (Å²) < 4.78 is 0. The molecule has 1 saturated heterocycles. The van der Waals surface area contributed by atoms with Crippen LogP contribution in [0.2, 0.25) is 0 Å². The molecule has 7 N–H and O–H groups in total. The third-order valence-electron chi connectivity index (χ3n) is 4.09. The molecular formula is C15H23N3O5. The van der Waals surface area contributed by atoms with E-state index in [0.717, 1.165) is 12.8 Å². The number of urea groups is 1. The Balaban J connectivity index is 1.90. The van der Waals surface area contributed by atoms with E-state index < -0.39 is 29.5 Å². The lowest BCUT2D eigenvalue weighted by Gasteiger charge is -2.37. The highest BCUT2D eigenvalue weighted by Gasteiger charge is 2.30. The number of nitrogens with two attached hydrogens (primary N) is 1. The Morgan fingerprint density at radius 1 is 1.30 bits per heavy atom. The fraction of sp³-hybridized carbons (Fsp3) is 0.533. The highest BCUT2D eigenvalue weighted by Crippen LogP contribution is 2.37. The molecule has 2 unspecified atom stereocenters. The van der Waals surface area contributed by atoms with Gasteiger partial charge in [0.25, 0.3) is 0 Å². The van der Waals surface area contributed by atoms with Crippen molar-refractivity contribution in [3.05, 3.63) is 17.7 Å². The monoisotopic (exact) mass is 325 g/mol. The van der Waals surface area contributed by atoms with Gasteiger partial charge in [0.2, 0.25) is 5.75 Å². The van der Waals surface area contributed by atoms with Gasteiger partial charge in [0.05, 0.1) is 6.04 Å². The SMILES string of the molecule is NC(O)C1CCCCN1C(=O)NCCc1ccc(O)c(O)c1O. The van der Waals surface area contributed by atoms with E-state index in [1.54, 1.807) is 0 Å². The first kappa shape index (κ1) is 17.2. The average Bonchev–Trinajstić information content (AvgIpc) is 2.54. The summed E-state index contributed by atoms with van der Waals surface area (Å²) in [6, 6.07) is 2.04. The molecule has 2 rings (SSSR count). The van der Waals surface area contributed by atoms with Crippen molar-refractivity contribution in [3.63, 3.8) is 0 Å². The van der Waals surface area contributed by atoms with E-state index in [-0.39, 0.29) is 19.0 Å². The molecule has 0 spiro atoms. The van der Waals surface area contributed by atoms with E-state index in [1.165, 1.54) is 17.0 Å². The quantitative estimate of drug-likeness (QED) is 0.345. The summed E-state index contributed by atoms with van der Waals surface area (Å²) >= 11 is 0. The van der Waals surface area contributed by atoms with Crippen LogP contribution in [-0.4, -0.2) is 56.7 Å². The van der Waals surface area contributed by atoms with Gasteiger partial charge in [-0.05, 0) is 37.3 Å². The van der Waals surface area contributed by atoms with Crippen molar-refractivity contribution in [2.45, 2.75) is 38.0 Å². The van der Waals surface area contributed by atoms with Crippen LogP contribution in [-0.2, 0) is 6.42 Å². The Morgan fingerprint density at radius 2 is 2.04 bits per heavy atom. The molecule has 1 fully saturated rings. The number of nitrogens with zero attached hydrogens (tertiary/aromatic N) is 1. The van der Waals surface area contributed by atoms with Crippen molar-refractivity contribution >= 4 is 6.03 Å². The largest absolute Gasteiger partial charge is 0.504 e. The Morgan fingerprint density at radius 3 is 2.74 bits per heavy atom. The van der Waals surface area contributed by atoms with Crippen LogP contribution in [0.1, 0.15) is 24.8 Å². The number of carbonyl (C=O) groups is 1. The van der Waals surface area contributed by atoms with Crippen LogP contribution in [0, 0.1) is 0 Å². The standard InChI is InChI=1S/C15H23N3O5/c16-14(22)10-3-1-2-8-18(10)15(23)17-7-6-9-4-5-11(19)13(21)12(9)20/h4-5,10,14,19-22H,1-3,6-8,16H2,(H,17,23). The first-order valence-electron chi connectivity index (χ1n) is 7.62. The smallest absolute Gasteiger partial charge is 0.317 e. The van der Waals surface area contributed by atoms with Crippen molar-refractivity contribution in [1.29, 1.82) is 0 Å². The summed E-state index contributed by atoms with van der Waals surface area (Å²) in [7, 11) is 0. The summed E-state index contributed by atoms with van der Waals surface area (Å²) in [5.74, 6) is -1.37. The molecule has 8 nitrogen and oxygen atoms in total. The molecule has 0 saturated carbocycles. The fourth-order valence-electron chi connectivity index (χ4n) is 2.78. The van der Waals surface area contributed by atoms with Crippen LogP contribution in [0.4, 0.5) is 4.79 Å². The van der Waals surface area contributed by atoms with Crippen LogP contribution in [0.3, 0.4) is 0 Å². The molecule has 128 valence electrons. The lowest BCUT2D eigenvalue weighted by molar-refractivity contribution is 0.0494. The number of amides is 2. The topological polar surface area (TPSA) is 139 Å². The first-order valence-corrected chi connectivity index (χ1v) is 7.62. The number of aliphatic hydroxyl groups is 1. The van der Waals surface area contributed by atoms with Gasteiger partial charge in [-0.2, -0.15) is 0 Å². The minimum absolute atomic E-state index is 0.237. The fourth-order valence-corrected chi connectivity index (χ4v) is 2.78.